The fourth-order valence-electron chi connectivity index (χ4n) is 1.89. The lowest BCUT2D eigenvalue weighted by atomic mass is 10.0. The molecule has 81 valence electrons. The Bertz CT molecular complexity index is 452. The second-order valence-electron chi connectivity index (χ2n) is 4.22. The molecule has 0 nitrogen and oxygen atoms in total. The van der Waals surface area contributed by atoms with Crippen LogP contribution in [0.5, 0.6) is 0 Å². The first-order valence-electron chi connectivity index (χ1n) is 5.87. The Balaban J connectivity index is 2.27. The molecule has 0 fully saturated rings. The lowest BCUT2D eigenvalue weighted by molar-refractivity contribution is 0.920. The predicted molar refractivity (Wildman–Crippen MR) is 69.4 cm³/mol. The van der Waals surface area contributed by atoms with E-state index >= 15 is 0 Å². The predicted octanol–water partition coefficient (Wildman–Crippen LogP) is 4.41. The molecule has 0 amide bonds. The van der Waals surface area contributed by atoms with Gasteiger partial charge >= 0.3 is 0 Å². The molecule has 2 aromatic rings. The Morgan fingerprint density at radius 1 is 1.06 bits per heavy atom. The number of benzene rings is 2. The monoisotopic (exact) mass is 209 g/mol. The largest absolute Gasteiger partial charge is 0.0651 e. The molecule has 16 heavy (non-hydrogen) atoms. The van der Waals surface area contributed by atoms with E-state index < -0.39 is 0 Å². The average Bonchev–Trinajstić information content (AvgIpc) is 2.30. The molecular weight excluding hydrogens is 192 g/mol. The molecule has 2 aromatic carbocycles. The maximum absolute atomic E-state index is 3.36. The van der Waals surface area contributed by atoms with Gasteiger partial charge < -0.3 is 0 Å². The third kappa shape index (κ3) is 2.52. The molecule has 0 aliphatic rings. The van der Waals surface area contributed by atoms with Crippen molar-refractivity contribution in [1.82, 2.24) is 0 Å². The second kappa shape index (κ2) is 4.98. The van der Waals surface area contributed by atoms with Crippen LogP contribution in [0.25, 0.3) is 11.1 Å². The van der Waals surface area contributed by atoms with Gasteiger partial charge in [0.05, 0.1) is 0 Å². The molecule has 0 heteroatoms. The number of hydrogen-bond donors (Lipinski definition) is 0. The highest BCUT2D eigenvalue weighted by Gasteiger charge is 1.98. The number of aryl methyl sites for hydroxylation is 2. The van der Waals surface area contributed by atoms with Gasteiger partial charge in [0.1, 0.15) is 0 Å². The van der Waals surface area contributed by atoms with Crippen LogP contribution in [0.1, 0.15) is 24.5 Å². The van der Waals surface area contributed by atoms with Gasteiger partial charge in [0.15, 0.2) is 0 Å². The fraction of sp³-hybridized carbons (Fsp3) is 0.250. The van der Waals surface area contributed by atoms with Crippen molar-refractivity contribution in [2.45, 2.75) is 26.7 Å². The first-order chi connectivity index (χ1) is 7.79. The topological polar surface area (TPSA) is 0 Å². The zero-order valence-corrected chi connectivity index (χ0v) is 9.96. The summed E-state index contributed by atoms with van der Waals surface area (Å²) in [5.41, 5.74) is 5.14. The van der Waals surface area contributed by atoms with Crippen molar-refractivity contribution >= 4 is 0 Å². The van der Waals surface area contributed by atoms with E-state index in [0.717, 1.165) is 6.42 Å². The number of rotatable bonds is 3. The highest BCUT2D eigenvalue weighted by atomic mass is 14.0. The quantitative estimate of drug-likeness (QED) is 0.702. The van der Waals surface area contributed by atoms with Crippen LogP contribution in [0, 0.1) is 13.0 Å². The molecule has 0 N–H and O–H groups in total. The third-order valence-corrected chi connectivity index (χ3v) is 2.75. The molecule has 0 unspecified atom stereocenters. The highest BCUT2D eigenvalue weighted by Crippen LogP contribution is 2.20. The Morgan fingerprint density at radius 2 is 1.94 bits per heavy atom. The molecular formula is C16H17. The van der Waals surface area contributed by atoms with Gasteiger partial charge in [-0.3, -0.25) is 0 Å². The van der Waals surface area contributed by atoms with Crippen molar-refractivity contribution in [3.05, 3.63) is 59.7 Å². The lowest BCUT2D eigenvalue weighted by Crippen LogP contribution is -1.84. The van der Waals surface area contributed by atoms with E-state index in [1.165, 1.54) is 28.7 Å². The van der Waals surface area contributed by atoms with Crippen LogP contribution in [0.2, 0.25) is 0 Å². The third-order valence-electron chi connectivity index (χ3n) is 2.75. The molecule has 0 saturated carbocycles. The van der Waals surface area contributed by atoms with Gasteiger partial charge in [-0.1, -0.05) is 55.3 Å². The van der Waals surface area contributed by atoms with Crippen molar-refractivity contribution in [3.63, 3.8) is 0 Å². The van der Waals surface area contributed by atoms with Crippen LogP contribution in [0.3, 0.4) is 0 Å². The minimum absolute atomic E-state index is 1.12. The SMILES string of the molecule is CCCc1[c]cc(-c2cccc(C)c2)cc1. The molecule has 2 rings (SSSR count). The van der Waals surface area contributed by atoms with Gasteiger partial charge in [-0.15, -0.1) is 0 Å². The molecule has 1 radical (unpaired) electrons. The summed E-state index contributed by atoms with van der Waals surface area (Å²) in [6, 6.07) is 18.4. The summed E-state index contributed by atoms with van der Waals surface area (Å²) >= 11 is 0. The van der Waals surface area contributed by atoms with Gasteiger partial charge in [-0.25, -0.2) is 0 Å². The van der Waals surface area contributed by atoms with E-state index in [4.69, 9.17) is 0 Å². The summed E-state index contributed by atoms with van der Waals surface area (Å²) in [6.07, 6.45) is 2.30. The van der Waals surface area contributed by atoms with Gasteiger partial charge in [-0.2, -0.15) is 0 Å². The van der Waals surface area contributed by atoms with Crippen molar-refractivity contribution in [1.29, 1.82) is 0 Å². The molecule has 0 spiro atoms. The van der Waals surface area contributed by atoms with Crippen LogP contribution in [0.15, 0.2) is 42.5 Å². The summed E-state index contributed by atoms with van der Waals surface area (Å²) in [4.78, 5) is 0. The van der Waals surface area contributed by atoms with Crippen LogP contribution in [0.4, 0.5) is 0 Å². The van der Waals surface area contributed by atoms with E-state index in [1.807, 2.05) is 0 Å². The van der Waals surface area contributed by atoms with Crippen molar-refractivity contribution in [2.75, 3.05) is 0 Å². The first-order valence-corrected chi connectivity index (χ1v) is 5.87. The highest BCUT2D eigenvalue weighted by molar-refractivity contribution is 5.64. The average molecular weight is 209 g/mol. The molecule has 0 aliphatic heterocycles. The summed E-state index contributed by atoms with van der Waals surface area (Å²) in [7, 11) is 0. The molecule has 0 bridgehead atoms. The summed E-state index contributed by atoms with van der Waals surface area (Å²) in [6.45, 7) is 4.32. The molecule has 0 aromatic heterocycles. The van der Waals surface area contributed by atoms with Crippen LogP contribution in [-0.4, -0.2) is 0 Å². The summed E-state index contributed by atoms with van der Waals surface area (Å²) in [5.74, 6) is 0. The number of hydrogen-bond acceptors (Lipinski definition) is 0. The van der Waals surface area contributed by atoms with E-state index in [-0.39, 0.29) is 0 Å². The Labute approximate surface area is 97.9 Å². The van der Waals surface area contributed by atoms with Gasteiger partial charge in [0, 0.05) is 0 Å². The second-order valence-corrected chi connectivity index (χ2v) is 4.22. The summed E-state index contributed by atoms with van der Waals surface area (Å²) in [5, 5.41) is 0. The van der Waals surface area contributed by atoms with Crippen molar-refractivity contribution in [3.8, 4) is 11.1 Å². The van der Waals surface area contributed by atoms with Gasteiger partial charge in [0.25, 0.3) is 0 Å². The molecule has 0 saturated heterocycles. The maximum Gasteiger partial charge on any atom is -0.0143 e. The minimum Gasteiger partial charge on any atom is -0.0651 e. The van der Waals surface area contributed by atoms with Crippen molar-refractivity contribution in [2.24, 2.45) is 0 Å². The fourth-order valence-corrected chi connectivity index (χ4v) is 1.89. The zero-order valence-electron chi connectivity index (χ0n) is 9.96. The molecule has 0 aliphatic carbocycles. The minimum atomic E-state index is 1.12. The first kappa shape index (κ1) is 10.9. The normalized spacial score (nSPS) is 10.4. The van der Waals surface area contributed by atoms with Gasteiger partial charge in [-0.05, 0) is 42.2 Å². The van der Waals surface area contributed by atoms with Crippen LogP contribution >= 0.6 is 0 Å². The van der Waals surface area contributed by atoms with E-state index in [9.17, 15) is 0 Å². The maximum atomic E-state index is 3.36. The Hall–Kier alpha value is -1.56. The van der Waals surface area contributed by atoms with Crippen molar-refractivity contribution < 1.29 is 0 Å². The Kier molecular flexibility index (Phi) is 3.40. The van der Waals surface area contributed by atoms with E-state index in [2.05, 4.69) is 62.4 Å². The Morgan fingerprint density at radius 3 is 2.56 bits per heavy atom. The zero-order chi connectivity index (χ0) is 11.4. The van der Waals surface area contributed by atoms with E-state index in [0.29, 0.717) is 0 Å². The molecule has 0 atom stereocenters. The van der Waals surface area contributed by atoms with Gasteiger partial charge in [0.2, 0.25) is 0 Å². The molecule has 0 heterocycles. The summed E-state index contributed by atoms with van der Waals surface area (Å²) < 4.78 is 0. The standard InChI is InChI=1S/C16H17/c1-3-5-14-8-10-15(11-9-14)16-7-4-6-13(2)12-16/h4,6-8,10-12H,3,5H2,1-2H3. The lowest BCUT2D eigenvalue weighted by Gasteiger charge is -2.04. The van der Waals surface area contributed by atoms with Crippen LogP contribution in [-0.2, 0) is 6.42 Å². The van der Waals surface area contributed by atoms with E-state index in [1.54, 1.807) is 0 Å². The van der Waals surface area contributed by atoms with Crippen LogP contribution < -0.4 is 0 Å². The smallest absolute Gasteiger partial charge is 0.0143 e.